The summed E-state index contributed by atoms with van der Waals surface area (Å²) < 4.78 is 27.7. The van der Waals surface area contributed by atoms with Gasteiger partial charge in [0.1, 0.15) is 0 Å². The quantitative estimate of drug-likeness (QED) is 0.843. The predicted molar refractivity (Wildman–Crippen MR) is 71.9 cm³/mol. The molecule has 1 rings (SSSR count). The van der Waals surface area contributed by atoms with E-state index in [-0.39, 0.29) is 11.0 Å². The molecule has 0 radical (unpaired) electrons. The molecule has 0 saturated carbocycles. The van der Waals surface area contributed by atoms with E-state index < -0.39 is 11.8 Å². The van der Waals surface area contributed by atoms with Gasteiger partial charge in [0.05, 0.1) is 0 Å². The summed E-state index contributed by atoms with van der Waals surface area (Å²) in [7, 11) is 0. The Hall–Kier alpha value is -0.960. The molecule has 0 aliphatic heterocycles. The van der Waals surface area contributed by atoms with Crippen molar-refractivity contribution in [3.05, 3.63) is 35.4 Å². The Balaban J connectivity index is 3.00. The first-order valence-corrected chi connectivity index (χ1v) is 6.40. The standard InChI is InChI=1S/C15H23F2N/c1-11(2)15(16,17)13-7-5-12(6-8-13)14(3,4)9-10-18/h5-8,11H,9-10,18H2,1-4H3. The molecular weight excluding hydrogens is 232 g/mol. The largest absolute Gasteiger partial charge is 0.330 e. The highest BCUT2D eigenvalue weighted by Crippen LogP contribution is 2.36. The number of benzene rings is 1. The number of hydrogen-bond donors (Lipinski definition) is 1. The molecule has 102 valence electrons. The van der Waals surface area contributed by atoms with Gasteiger partial charge in [0, 0.05) is 11.5 Å². The second-order valence-electron chi connectivity index (χ2n) is 5.78. The van der Waals surface area contributed by atoms with Gasteiger partial charge < -0.3 is 5.73 Å². The number of rotatable bonds is 5. The molecule has 0 unspecified atom stereocenters. The minimum atomic E-state index is -2.77. The first-order chi connectivity index (χ1) is 8.21. The summed E-state index contributed by atoms with van der Waals surface area (Å²) in [6.07, 6.45) is 0.840. The highest BCUT2D eigenvalue weighted by atomic mass is 19.3. The van der Waals surface area contributed by atoms with Crippen molar-refractivity contribution in [2.75, 3.05) is 6.54 Å². The molecular formula is C15H23F2N. The van der Waals surface area contributed by atoms with Gasteiger partial charge in [-0.2, -0.15) is 0 Å². The van der Waals surface area contributed by atoms with E-state index in [0.29, 0.717) is 6.54 Å². The van der Waals surface area contributed by atoms with Crippen molar-refractivity contribution in [3.8, 4) is 0 Å². The highest BCUT2D eigenvalue weighted by molar-refractivity contribution is 5.30. The topological polar surface area (TPSA) is 26.0 Å². The zero-order valence-corrected chi connectivity index (χ0v) is 11.6. The van der Waals surface area contributed by atoms with Gasteiger partial charge in [0.2, 0.25) is 0 Å². The Bertz CT molecular complexity index is 380. The van der Waals surface area contributed by atoms with Crippen LogP contribution in [0.15, 0.2) is 24.3 Å². The first-order valence-electron chi connectivity index (χ1n) is 6.40. The van der Waals surface area contributed by atoms with Gasteiger partial charge in [-0.3, -0.25) is 0 Å². The maximum Gasteiger partial charge on any atom is 0.275 e. The summed E-state index contributed by atoms with van der Waals surface area (Å²) in [6.45, 7) is 7.82. The minimum Gasteiger partial charge on any atom is -0.330 e. The average Bonchev–Trinajstić information content (AvgIpc) is 2.29. The lowest BCUT2D eigenvalue weighted by Gasteiger charge is -2.26. The van der Waals surface area contributed by atoms with Crippen LogP contribution in [0.5, 0.6) is 0 Å². The average molecular weight is 255 g/mol. The second kappa shape index (κ2) is 5.35. The molecule has 0 aliphatic rings. The minimum absolute atomic E-state index is 0.0691. The van der Waals surface area contributed by atoms with E-state index in [2.05, 4.69) is 13.8 Å². The summed E-state index contributed by atoms with van der Waals surface area (Å²) in [6, 6.07) is 6.66. The summed E-state index contributed by atoms with van der Waals surface area (Å²) >= 11 is 0. The van der Waals surface area contributed by atoms with Crippen LogP contribution < -0.4 is 5.73 Å². The van der Waals surface area contributed by atoms with E-state index in [4.69, 9.17) is 5.73 Å². The number of hydrogen-bond acceptors (Lipinski definition) is 1. The molecule has 0 saturated heterocycles. The third-order valence-corrected chi connectivity index (χ3v) is 3.55. The van der Waals surface area contributed by atoms with Crippen LogP contribution >= 0.6 is 0 Å². The predicted octanol–water partition coefficient (Wildman–Crippen LogP) is 4.06. The molecule has 2 N–H and O–H groups in total. The van der Waals surface area contributed by atoms with Crippen LogP contribution in [0.4, 0.5) is 8.78 Å². The molecule has 0 heterocycles. The van der Waals surface area contributed by atoms with Crippen LogP contribution in [0.2, 0.25) is 0 Å². The summed E-state index contributed by atoms with van der Waals surface area (Å²) in [5.74, 6) is -3.46. The Morgan fingerprint density at radius 2 is 1.50 bits per heavy atom. The maximum atomic E-state index is 13.8. The van der Waals surface area contributed by atoms with Crippen molar-refractivity contribution >= 4 is 0 Å². The van der Waals surface area contributed by atoms with Gasteiger partial charge in [0.15, 0.2) is 0 Å². The Morgan fingerprint density at radius 3 is 1.89 bits per heavy atom. The zero-order valence-electron chi connectivity index (χ0n) is 11.6. The Labute approximate surface area is 108 Å². The lowest BCUT2D eigenvalue weighted by Crippen LogP contribution is -2.23. The smallest absolute Gasteiger partial charge is 0.275 e. The Morgan fingerprint density at radius 1 is 1.06 bits per heavy atom. The molecule has 0 amide bonds. The molecule has 0 bridgehead atoms. The fourth-order valence-electron chi connectivity index (χ4n) is 1.98. The van der Waals surface area contributed by atoms with Gasteiger partial charge in [0.25, 0.3) is 5.92 Å². The molecule has 18 heavy (non-hydrogen) atoms. The maximum absolute atomic E-state index is 13.8. The molecule has 1 aromatic rings. The molecule has 1 nitrogen and oxygen atoms in total. The van der Waals surface area contributed by atoms with E-state index in [1.807, 2.05) is 0 Å². The first kappa shape index (κ1) is 15.1. The van der Waals surface area contributed by atoms with Gasteiger partial charge in [-0.15, -0.1) is 0 Å². The van der Waals surface area contributed by atoms with Gasteiger partial charge in [-0.1, -0.05) is 52.0 Å². The van der Waals surface area contributed by atoms with Crippen LogP contribution in [-0.4, -0.2) is 6.54 Å². The molecule has 0 spiro atoms. The highest BCUT2D eigenvalue weighted by Gasteiger charge is 2.35. The zero-order chi connectivity index (χ0) is 14.0. The molecule has 0 fully saturated rings. The second-order valence-corrected chi connectivity index (χ2v) is 5.78. The number of halogens is 2. The van der Waals surface area contributed by atoms with E-state index in [1.165, 1.54) is 26.0 Å². The van der Waals surface area contributed by atoms with Crippen LogP contribution in [0.25, 0.3) is 0 Å². The van der Waals surface area contributed by atoms with E-state index in [9.17, 15) is 8.78 Å². The van der Waals surface area contributed by atoms with E-state index in [0.717, 1.165) is 12.0 Å². The SMILES string of the molecule is CC(C)C(F)(F)c1ccc(C(C)(C)CCN)cc1. The lowest BCUT2D eigenvalue weighted by molar-refractivity contribution is -0.0514. The van der Waals surface area contributed by atoms with Gasteiger partial charge >= 0.3 is 0 Å². The lowest BCUT2D eigenvalue weighted by atomic mass is 9.81. The molecule has 3 heteroatoms. The third-order valence-electron chi connectivity index (χ3n) is 3.55. The molecule has 0 atom stereocenters. The molecule has 0 aliphatic carbocycles. The normalized spacial score (nSPS) is 13.1. The van der Waals surface area contributed by atoms with Crippen LogP contribution in [0, 0.1) is 5.92 Å². The monoisotopic (exact) mass is 255 g/mol. The van der Waals surface area contributed by atoms with Crippen molar-refractivity contribution in [2.45, 2.75) is 45.5 Å². The number of alkyl halides is 2. The number of nitrogens with two attached hydrogens (primary N) is 1. The van der Waals surface area contributed by atoms with Crippen molar-refractivity contribution in [3.63, 3.8) is 0 Å². The Kier molecular flexibility index (Phi) is 4.49. The summed E-state index contributed by atoms with van der Waals surface area (Å²) in [4.78, 5) is 0. The van der Waals surface area contributed by atoms with E-state index >= 15 is 0 Å². The van der Waals surface area contributed by atoms with Crippen LogP contribution in [-0.2, 0) is 11.3 Å². The van der Waals surface area contributed by atoms with Gasteiger partial charge in [-0.05, 0) is 23.9 Å². The summed E-state index contributed by atoms with van der Waals surface area (Å²) in [5.41, 5.74) is 6.64. The van der Waals surface area contributed by atoms with Crippen molar-refractivity contribution in [1.82, 2.24) is 0 Å². The fraction of sp³-hybridized carbons (Fsp3) is 0.600. The van der Waals surface area contributed by atoms with Crippen molar-refractivity contribution in [2.24, 2.45) is 11.7 Å². The van der Waals surface area contributed by atoms with Crippen molar-refractivity contribution in [1.29, 1.82) is 0 Å². The van der Waals surface area contributed by atoms with Crippen LogP contribution in [0.3, 0.4) is 0 Å². The third kappa shape index (κ3) is 3.08. The van der Waals surface area contributed by atoms with Crippen molar-refractivity contribution < 1.29 is 8.78 Å². The molecule has 0 aromatic heterocycles. The van der Waals surface area contributed by atoms with Gasteiger partial charge in [-0.25, -0.2) is 8.78 Å². The molecule has 1 aromatic carbocycles. The summed E-state index contributed by atoms with van der Waals surface area (Å²) in [5, 5.41) is 0. The van der Waals surface area contributed by atoms with E-state index in [1.54, 1.807) is 12.1 Å². The van der Waals surface area contributed by atoms with Crippen LogP contribution in [0.1, 0.15) is 45.2 Å². The fourth-order valence-corrected chi connectivity index (χ4v) is 1.98.